The maximum Gasteiger partial charge on any atom is 0.323 e. The number of hydrogen-bond donors (Lipinski definition) is 5. The van der Waals surface area contributed by atoms with E-state index in [9.17, 15) is 27.9 Å². The van der Waals surface area contributed by atoms with Crippen molar-refractivity contribution < 1.29 is 27.9 Å². The number of carboxylic acid groups (broad SMARTS) is 1. The summed E-state index contributed by atoms with van der Waals surface area (Å²) in [5, 5.41) is 18.5. The molecule has 0 fully saturated rings. The highest BCUT2D eigenvalue weighted by Gasteiger charge is 2.23. The Balaban J connectivity index is 1.48. The van der Waals surface area contributed by atoms with Crippen LogP contribution in [-0.2, 0) is 26.0 Å². The van der Waals surface area contributed by atoms with E-state index in [0.717, 1.165) is 23.9 Å². The van der Waals surface area contributed by atoms with Gasteiger partial charge in [-0.05, 0) is 42.2 Å². The van der Waals surface area contributed by atoms with Crippen LogP contribution >= 0.6 is 0 Å². The van der Waals surface area contributed by atoms with Crippen molar-refractivity contribution in [1.82, 2.24) is 20.7 Å². The molecule has 3 rings (SSSR count). The van der Waals surface area contributed by atoms with Gasteiger partial charge in [0.15, 0.2) is 5.96 Å². The molecule has 0 saturated carbocycles. The van der Waals surface area contributed by atoms with E-state index in [1.807, 2.05) is 0 Å². The highest BCUT2D eigenvalue weighted by molar-refractivity contribution is 7.92. The summed E-state index contributed by atoms with van der Waals surface area (Å²) < 4.78 is 26.6. The molecule has 1 heterocycles. The zero-order chi connectivity index (χ0) is 26.7. The van der Waals surface area contributed by atoms with Gasteiger partial charge in [-0.3, -0.25) is 24.7 Å². The number of sulfonamides is 1. The van der Waals surface area contributed by atoms with Gasteiger partial charge in [0, 0.05) is 37.0 Å². The molecule has 0 aliphatic carbocycles. The van der Waals surface area contributed by atoms with Gasteiger partial charge in [0.25, 0.3) is 5.91 Å². The van der Waals surface area contributed by atoms with Gasteiger partial charge in [-0.1, -0.05) is 42.5 Å². The molecule has 2 aromatic rings. The summed E-state index contributed by atoms with van der Waals surface area (Å²) in [5.74, 6) is -1.68. The number of carbonyl (C=O) groups is 3. The van der Waals surface area contributed by atoms with Crippen molar-refractivity contribution in [1.29, 1.82) is 0 Å². The molecule has 1 aliphatic rings. The van der Waals surface area contributed by atoms with Crippen LogP contribution in [0, 0.1) is 0 Å². The maximum atomic E-state index is 12.5. The Morgan fingerprint density at radius 2 is 1.81 bits per heavy atom. The number of carbonyl (C=O) groups excluding carboxylic acids is 2. The lowest BCUT2D eigenvalue weighted by Crippen LogP contribution is -2.47. The average molecular weight is 528 g/mol. The largest absolute Gasteiger partial charge is 0.480 e. The minimum Gasteiger partial charge on any atom is -0.480 e. The smallest absolute Gasteiger partial charge is 0.323 e. The van der Waals surface area contributed by atoms with Crippen molar-refractivity contribution in [3.8, 4) is 0 Å². The van der Waals surface area contributed by atoms with Gasteiger partial charge in [0.1, 0.15) is 6.04 Å². The van der Waals surface area contributed by atoms with Crippen molar-refractivity contribution in [3.63, 3.8) is 0 Å². The number of aliphatic imine (C=N–C) groups is 1. The molecule has 1 unspecified atom stereocenters. The number of aliphatic carboxylic acids is 1. The number of nitrogens with zero attached hydrogens (tertiary/aromatic N) is 1. The number of nitrogens with one attached hydrogen (secondary N) is 4. The maximum absolute atomic E-state index is 12.5. The third-order valence-electron chi connectivity index (χ3n) is 5.32. The summed E-state index contributed by atoms with van der Waals surface area (Å²) >= 11 is 0. The summed E-state index contributed by atoms with van der Waals surface area (Å²) in [6.45, 7) is 0.996. The summed E-state index contributed by atoms with van der Waals surface area (Å²) in [7, 11) is -4.07. The zero-order valence-corrected chi connectivity index (χ0v) is 20.8. The van der Waals surface area contributed by atoms with Crippen LogP contribution in [0.1, 0.15) is 34.3 Å². The normalized spacial score (nSPS) is 14.3. The number of aryl methyl sites for hydroxylation is 1. The Kier molecular flexibility index (Phi) is 9.92. The molecule has 11 nitrogen and oxygen atoms in total. The summed E-state index contributed by atoms with van der Waals surface area (Å²) in [6, 6.07) is 13.6. The topological polar surface area (TPSA) is 166 Å². The van der Waals surface area contributed by atoms with Crippen LogP contribution in [0.4, 0.5) is 0 Å². The second-order valence-electron chi connectivity index (χ2n) is 8.23. The number of guanidine groups is 1. The van der Waals surface area contributed by atoms with Crippen LogP contribution < -0.4 is 20.7 Å². The third kappa shape index (κ3) is 9.50. The highest BCUT2D eigenvalue weighted by Crippen LogP contribution is 2.08. The summed E-state index contributed by atoms with van der Waals surface area (Å²) in [6.07, 6.45) is 2.97. The van der Waals surface area contributed by atoms with E-state index in [1.54, 1.807) is 54.6 Å². The van der Waals surface area contributed by atoms with Gasteiger partial charge >= 0.3 is 5.97 Å². The molecule has 2 amide bonds. The molecule has 2 aromatic carbocycles. The molecule has 12 heteroatoms. The SMILES string of the molecule is O=C(CCc1ccc(C(=O)NCC(NS(=O)(=O)C=Cc2ccccc2)C(=O)O)cc1)NC1=NCCCN1. The summed E-state index contributed by atoms with van der Waals surface area (Å²) in [5.41, 5.74) is 1.74. The second kappa shape index (κ2) is 13.3. The Labute approximate surface area is 215 Å². The van der Waals surface area contributed by atoms with E-state index in [-0.39, 0.29) is 17.9 Å². The zero-order valence-electron chi connectivity index (χ0n) is 20.0. The molecule has 0 radical (unpaired) electrons. The van der Waals surface area contributed by atoms with E-state index in [1.165, 1.54) is 6.08 Å². The van der Waals surface area contributed by atoms with Crippen molar-refractivity contribution in [2.75, 3.05) is 19.6 Å². The van der Waals surface area contributed by atoms with Crippen molar-refractivity contribution in [2.45, 2.75) is 25.3 Å². The van der Waals surface area contributed by atoms with Crippen LogP contribution in [0.15, 0.2) is 65.0 Å². The first-order valence-corrected chi connectivity index (χ1v) is 13.2. The fourth-order valence-corrected chi connectivity index (χ4v) is 4.33. The molecule has 37 heavy (non-hydrogen) atoms. The van der Waals surface area contributed by atoms with Gasteiger partial charge in [0.05, 0.1) is 0 Å². The van der Waals surface area contributed by atoms with Crippen molar-refractivity contribution in [3.05, 3.63) is 76.7 Å². The average Bonchev–Trinajstić information content (AvgIpc) is 2.90. The first kappa shape index (κ1) is 27.6. The molecule has 1 aliphatic heterocycles. The quantitative estimate of drug-likeness (QED) is 0.289. The molecule has 5 N–H and O–H groups in total. The Bertz CT molecular complexity index is 1260. The van der Waals surface area contributed by atoms with E-state index in [0.29, 0.717) is 24.5 Å². The monoisotopic (exact) mass is 527 g/mol. The van der Waals surface area contributed by atoms with Gasteiger partial charge in [-0.25, -0.2) is 8.42 Å². The molecular weight excluding hydrogens is 498 g/mol. The minimum absolute atomic E-state index is 0.171. The lowest BCUT2D eigenvalue weighted by molar-refractivity contribution is -0.138. The molecule has 0 aromatic heterocycles. The van der Waals surface area contributed by atoms with Crippen LogP contribution in [0.25, 0.3) is 6.08 Å². The Morgan fingerprint density at radius 1 is 1.08 bits per heavy atom. The predicted molar refractivity (Wildman–Crippen MR) is 139 cm³/mol. The van der Waals surface area contributed by atoms with Gasteiger partial charge < -0.3 is 15.7 Å². The van der Waals surface area contributed by atoms with Crippen LogP contribution in [0.3, 0.4) is 0 Å². The fraction of sp³-hybridized carbons (Fsp3) is 0.280. The number of rotatable bonds is 11. The molecular formula is C25H29N5O6S. The fourth-order valence-electron chi connectivity index (χ4n) is 3.34. The number of benzene rings is 2. The molecule has 0 saturated heterocycles. The van der Waals surface area contributed by atoms with E-state index >= 15 is 0 Å². The third-order valence-corrected chi connectivity index (χ3v) is 6.43. The summed E-state index contributed by atoms with van der Waals surface area (Å²) in [4.78, 5) is 40.3. The Hall–Kier alpha value is -4.03. The molecule has 1 atom stereocenters. The van der Waals surface area contributed by atoms with Gasteiger partial charge in [-0.15, -0.1) is 0 Å². The first-order valence-electron chi connectivity index (χ1n) is 11.7. The van der Waals surface area contributed by atoms with Crippen LogP contribution in [-0.4, -0.2) is 62.9 Å². The molecule has 0 spiro atoms. The van der Waals surface area contributed by atoms with Crippen molar-refractivity contribution in [2.24, 2.45) is 4.99 Å². The Morgan fingerprint density at radius 3 is 2.46 bits per heavy atom. The molecule has 0 bridgehead atoms. The number of amides is 2. The lowest BCUT2D eigenvalue weighted by atomic mass is 10.1. The predicted octanol–water partition coefficient (Wildman–Crippen LogP) is 0.858. The standard InChI is InChI=1S/C25H29N5O6S/c31-22(29-25-26-14-4-15-27-25)12-9-19-7-10-20(11-8-19)23(32)28-17-21(24(33)34)30-37(35,36)16-13-18-5-2-1-3-6-18/h1-3,5-8,10-11,13,16,21,30H,4,9,12,14-15,17H2,(H,28,32)(H,33,34)(H2,26,27,29,31). The number of carboxylic acids is 1. The van der Waals surface area contributed by atoms with E-state index < -0.39 is 34.5 Å². The number of hydrogen-bond acceptors (Lipinski definition) is 7. The van der Waals surface area contributed by atoms with Gasteiger partial charge in [-0.2, -0.15) is 4.72 Å². The van der Waals surface area contributed by atoms with Crippen molar-refractivity contribution >= 4 is 39.8 Å². The van der Waals surface area contributed by atoms with Crippen LogP contribution in [0.2, 0.25) is 0 Å². The molecule has 196 valence electrons. The van der Waals surface area contributed by atoms with E-state index in [4.69, 9.17) is 0 Å². The first-order chi connectivity index (χ1) is 17.7. The minimum atomic E-state index is -4.07. The van der Waals surface area contributed by atoms with Crippen LogP contribution in [0.5, 0.6) is 0 Å². The second-order valence-corrected chi connectivity index (χ2v) is 9.83. The van der Waals surface area contributed by atoms with E-state index in [2.05, 4.69) is 25.7 Å². The highest BCUT2D eigenvalue weighted by atomic mass is 32.2. The lowest BCUT2D eigenvalue weighted by Gasteiger charge is -2.15. The van der Waals surface area contributed by atoms with Gasteiger partial charge in [0.2, 0.25) is 15.9 Å².